The molecule has 0 spiro atoms. The Morgan fingerprint density at radius 1 is 1.05 bits per heavy atom. The van der Waals surface area contributed by atoms with Crippen molar-refractivity contribution in [2.24, 2.45) is 11.8 Å². The molecule has 3 atom stereocenters. The highest BCUT2D eigenvalue weighted by atomic mass is 32.2. The smallest absolute Gasteiger partial charge is 0.0107 e. The van der Waals surface area contributed by atoms with Crippen LogP contribution in [0, 0.1) is 11.8 Å². The molecule has 1 N–H and O–H groups in total. The van der Waals surface area contributed by atoms with E-state index in [1.807, 2.05) is 0 Å². The van der Waals surface area contributed by atoms with E-state index in [1.54, 1.807) is 10.5 Å². The van der Waals surface area contributed by atoms with Crippen LogP contribution < -0.4 is 5.32 Å². The van der Waals surface area contributed by atoms with E-state index in [4.69, 9.17) is 0 Å². The van der Waals surface area contributed by atoms with Crippen molar-refractivity contribution in [1.82, 2.24) is 5.32 Å². The van der Waals surface area contributed by atoms with E-state index < -0.39 is 0 Å². The van der Waals surface area contributed by atoms with Crippen molar-refractivity contribution < 1.29 is 0 Å². The molecular weight excluding hydrogens is 250 g/mol. The maximum absolute atomic E-state index is 3.73. The quantitative estimate of drug-likeness (QED) is 0.869. The summed E-state index contributed by atoms with van der Waals surface area (Å²) in [6, 6.07) is 9.93. The van der Waals surface area contributed by atoms with Crippen molar-refractivity contribution in [3.8, 4) is 0 Å². The summed E-state index contributed by atoms with van der Waals surface area (Å²) >= 11 is 2.07. The molecule has 0 saturated heterocycles. The van der Waals surface area contributed by atoms with E-state index in [1.165, 1.54) is 44.4 Å². The Morgan fingerprint density at radius 2 is 1.89 bits per heavy atom. The van der Waals surface area contributed by atoms with E-state index in [-0.39, 0.29) is 0 Å². The average Bonchev–Trinajstić information content (AvgIpc) is 3.15. The predicted molar refractivity (Wildman–Crippen MR) is 81.8 cm³/mol. The molecule has 2 heteroatoms. The second-order valence-electron chi connectivity index (χ2n) is 6.56. The predicted octanol–water partition coefficient (Wildman–Crippen LogP) is 4.04. The van der Waals surface area contributed by atoms with E-state index in [9.17, 15) is 0 Å². The number of rotatable bonds is 5. The first-order valence-electron chi connectivity index (χ1n) is 7.85. The van der Waals surface area contributed by atoms with Gasteiger partial charge in [0.05, 0.1) is 0 Å². The van der Waals surface area contributed by atoms with Gasteiger partial charge in [-0.05, 0) is 68.0 Å². The Kier molecular flexibility index (Phi) is 3.32. The van der Waals surface area contributed by atoms with Gasteiger partial charge in [0.2, 0.25) is 0 Å². The molecule has 0 radical (unpaired) electrons. The van der Waals surface area contributed by atoms with Crippen LogP contribution >= 0.6 is 11.8 Å². The Bertz CT molecular complexity index is 454. The number of nitrogens with one attached hydrogen (secondary N) is 1. The van der Waals surface area contributed by atoms with E-state index in [0.29, 0.717) is 0 Å². The summed E-state index contributed by atoms with van der Waals surface area (Å²) in [5.74, 6) is 4.11. The van der Waals surface area contributed by atoms with Crippen molar-refractivity contribution >= 4 is 11.8 Å². The number of thioether (sulfide) groups is 1. The van der Waals surface area contributed by atoms with E-state index in [2.05, 4.69) is 41.3 Å². The second-order valence-corrected chi connectivity index (χ2v) is 7.62. The first kappa shape index (κ1) is 12.3. The molecule has 1 aromatic carbocycles. The van der Waals surface area contributed by atoms with Crippen LogP contribution in [-0.2, 0) is 0 Å². The van der Waals surface area contributed by atoms with Crippen LogP contribution in [0.4, 0.5) is 0 Å². The molecule has 4 rings (SSSR count). The molecule has 2 aliphatic carbocycles. The van der Waals surface area contributed by atoms with Gasteiger partial charge in [0.1, 0.15) is 0 Å². The fourth-order valence-corrected chi connectivity index (χ4v) is 4.89. The molecule has 1 aromatic rings. The summed E-state index contributed by atoms with van der Waals surface area (Å²) in [4.78, 5) is 1.54. The summed E-state index contributed by atoms with van der Waals surface area (Å²) in [7, 11) is 0. The summed E-state index contributed by atoms with van der Waals surface area (Å²) < 4.78 is 0. The lowest BCUT2D eigenvalue weighted by Crippen LogP contribution is -2.36. The van der Waals surface area contributed by atoms with Gasteiger partial charge in [-0.1, -0.05) is 18.2 Å². The van der Waals surface area contributed by atoms with Crippen molar-refractivity contribution in [2.45, 2.75) is 49.0 Å². The number of hydrogen-bond donors (Lipinski definition) is 1. The summed E-state index contributed by atoms with van der Waals surface area (Å²) in [5, 5.41) is 3.73. The van der Waals surface area contributed by atoms with Crippen LogP contribution in [0.3, 0.4) is 0 Å². The standard InChI is InChI=1S/C17H23NS/c1-2-4-17-16(3-1)14(11-19-17)9-12-5-6-13(12)10-18-15-7-8-15/h1-4,12-15,18H,5-11H2. The van der Waals surface area contributed by atoms with Gasteiger partial charge < -0.3 is 5.32 Å². The van der Waals surface area contributed by atoms with Gasteiger partial charge in [0.15, 0.2) is 0 Å². The van der Waals surface area contributed by atoms with Crippen molar-refractivity contribution in [1.29, 1.82) is 0 Å². The zero-order valence-corrected chi connectivity index (χ0v) is 12.3. The summed E-state index contributed by atoms with van der Waals surface area (Å²) in [5.41, 5.74) is 1.63. The maximum atomic E-state index is 3.73. The van der Waals surface area contributed by atoms with Gasteiger partial charge in [0.25, 0.3) is 0 Å². The normalized spacial score (nSPS) is 32.9. The number of hydrogen-bond acceptors (Lipinski definition) is 2. The van der Waals surface area contributed by atoms with Crippen molar-refractivity contribution in [2.75, 3.05) is 12.3 Å². The Morgan fingerprint density at radius 3 is 2.68 bits per heavy atom. The molecule has 1 heterocycles. The summed E-state index contributed by atoms with van der Waals surface area (Å²) in [6.07, 6.45) is 7.21. The minimum atomic E-state index is 0.829. The molecule has 0 bridgehead atoms. The second kappa shape index (κ2) is 5.14. The molecule has 2 saturated carbocycles. The lowest BCUT2D eigenvalue weighted by molar-refractivity contribution is 0.153. The lowest BCUT2D eigenvalue weighted by atomic mass is 9.69. The molecule has 2 fully saturated rings. The van der Waals surface area contributed by atoms with Gasteiger partial charge in [-0.15, -0.1) is 11.8 Å². The van der Waals surface area contributed by atoms with Crippen LogP contribution in [0.15, 0.2) is 29.2 Å². The highest BCUT2D eigenvalue weighted by Gasteiger charge is 2.35. The molecule has 3 unspecified atom stereocenters. The minimum absolute atomic E-state index is 0.829. The fourth-order valence-electron chi connectivity index (χ4n) is 3.61. The zero-order valence-electron chi connectivity index (χ0n) is 11.5. The van der Waals surface area contributed by atoms with E-state index in [0.717, 1.165) is 23.8 Å². The van der Waals surface area contributed by atoms with Crippen molar-refractivity contribution in [3.63, 3.8) is 0 Å². The molecule has 3 aliphatic rings. The van der Waals surface area contributed by atoms with Crippen LogP contribution in [0.25, 0.3) is 0 Å². The van der Waals surface area contributed by atoms with Gasteiger partial charge in [-0.25, -0.2) is 0 Å². The van der Waals surface area contributed by atoms with Gasteiger partial charge in [-0.3, -0.25) is 0 Å². The average molecular weight is 273 g/mol. The molecule has 102 valence electrons. The third-order valence-electron chi connectivity index (χ3n) is 5.21. The van der Waals surface area contributed by atoms with Gasteiger partial charge in [0, 0.05) is 16.7 Å². The fraction of sp³-hybridized carbons (Fsp3) is 0.647. The third kappa shape index (κ3) is 2.57. The molecular formula is C17H23NS. The molecule has 0 amide bonds. The van der Waals surface area contributed by atoms with Crippen LogP contribution in [-0.4, -0.2) is 18.3 Å². The first-order valence-corrected chi connectivity index (χ1v) is 8.84. The lowest BCUT2D eigenvalue weighted by Gasteiger charge is -2.38. The number of fused-ring (bicyclic) bond motifs is 1. The Balaban J connectivity index is 1.34. The maximum Gasteiger partial charge on any atom is 0.0107 e. The van der Waals surface area contributed by atoms with Crippen LogP contribution in [0.1, 0.15) is 43.6 Å². The van der Waals surface area contributed by atoms with Crippen LogP contribution in [0.5, 0.6) is 0 Å². The van der Waals surface area contributed by atoms with Gasteiger partial charge in [-0.2, -0.15) is 0 Å². The monoisotopic (exact) mass is 273 g/mol. The minimum Gasteiger partial charge on any atom is -0.314 e. The third-order valence-corrected chi connectivity index (χ3v) is 6.46. The largest absolute Gasteiger partial charge is 0.314 e. The molecule has 0 aromatic heterocycles. The first-order chi connectivity index (χ1) is 9.40. The Labute approximate surface area is 120 Å². The SMILES string of the molecule is c1ccc2c(c1)SCC2CC1CCC1CNC1CC1. The summed E-state index contributed by atoms with van der Waals surface area (Å²) in [6.45, 7) is 1.29. The number of benzene rings is 1. The highest BCUT2D eigenvalue weighted by Crippen LogP contribution is 2.47. The van der Waals surface area contributed by atoms with Crippen molar-refractivity contribution in [3.05, 3.63) is 29.8 Å². The molecule has 1 nitrogen and oxygen atoms in total. The van der Waals surface area contributed by atoms with E-state index >= 15 is 0 Å². The highest BCUT2D eigenvalue weighted by molar-refractivity contribution is 7.99. The zero-order chi connectivity index (χ0) is 12.7. The molecule has 19 heavy (non-hydrogen) atoms. The molecule has 1 aliphatic heterocycles. The van der Waals surface area contributed by atoms with Crippen LogP contribution in [0.2, 0.25) is 0 Å². The Hall–Kier alpha value is -0.470. The topological polar surface area (TPSA) is 12.0 Å². The van der Waals surface area contributed by atoms with Gasteiger partial charge >= 0.3 is 0 Å².